The Morgan fingerprint density at radius 1 is 1.57 bits per heavy atom. The maximum atomic E-state index is 5.11. The van der Waals surface area contributed by atoms with Gasteiger partial charge in [-0.25, -0.2) is 0 Å². The number of hydrogen-bond acceptors (Lipinski definition) is 4. The van der Waals surface area contributed by atoms with Crippen molar-refractivity contribution in [2.24, 2.45) is 0 Å². The van der Waals surface area contributed by atoms with Crippen LogP contribution in [0.4, 0.5) is 11.7 Å². The summed E-state index contributed by atoms with van der Waals surface area (Å²) in [7, 11) is 0. The van der Waals surface area contributed by atoms with Crippen molar-refractivity contribution >= 4 is 11.7 Å². The van der Waals surface area contributed by atoms with Gasteiger partial charge in [0.2, 0.25) is 5.88 Å². The van der Waals surface area contributed by atoms with E-state index < -0.39 is 0 Å². The maximum Gasteiger partial charge on any atom is 0.234 e. The molecule has 0 atom stereocenters. The summed E-state index contributed by atoms with van der Waals surface area (Å²) >= 11 is 0. The van der Waals surface area contributed by atoms with Gasteiger partial charge >= 0.3 is 0 Å². The first-order valence-corrected chi connectivity index (χ1v) is 1.75. The van der Waals surface area contributed by atoms with E-state index in [-0.39, 0.29) is 11.7 Å². The second kappa shape index (κ2) is 1.14. The fourth-order valence-electron chi connectivity index (χ4n) is 0.264. The Labute approximate surface area is 40.1 Å². The van der Waals surface area contributed by atoms with E-state index in [2.05, 4.69) is 9.40 Å². The number of rotatable bonds is 0. The van der Waals surface area contributed by atoms with Gasteiger partial charge in [-0.05, 0) is 0 Å². The molecule has 0 aromatic carbocycles. The molecule has 0 fully saturated rings. The molecule has 0 saturated carbocycles. The molecule has 0 aliphatic heterocycles. The lowest BCUT2D eigenvalue weighted by molar-refractivity contribution is 0.577. The van der Waals surface area contributed by atoms with Crippen LogP contribution in [-0.4, -0.2) is 4.98 Å². The number of aromatic nitrogens is 1. The van der Waals surface area contributed by atoms with Crippen LogP contribution >= 0.6 is 0 Å². The lowest BCUT2D eigenvalue weighted by Gasteiger charge is -1.78. The van der Waals surface area contributed by atoms with E-state index in [0.717, 1.165) is 0 Å². The van der Waals surface area contributed by atoms with E-state index in [4.69, 9.17) is 11.5 Å². The van der Waals surface area contributed by atoms with E-state index in [1.165, 1.54) is 6.39 Å². The summed E-state index contributed by atoms with van der Waals surface area (Å²) in [5, 5.41) is 0. The predicted molar refractivity (Wildman–Crippen MR) is 25.3 cm³/mol. The lowest BCUT2D eigenvalue weighted by Crippen LogP contribution is -1.89. The zero-order chi connectivity index (χ0) is 5.28. The van der Waals surface area contributed by atoms with Crippen LogP contribution in [0.15, 0.2) is 10.8 Å². The zero-order valence-corrected chi connectivity index (χ0v) is 3.59. The highest BCUT2D eigenvalue weighted by atomic mass is 16.3. The summed E-state index contributed by atoms with van der Waals surface area (Å²) in [6, 6.07) is 0. The molecule has 0 unspecified atom stereocenters. The average Bonchev–Trinajstić information content (AvgIpc) is 1.91. The number of oxazole rings is 1. The Morgan fingerprint density at radius 3 is 2.43 bits per heavy atom. The van der Waals surface area contributed by atoms with Crippen molar-refractivity contribution in [3.8, 4) is 0 Å². The number of nitrogens with two attached hydrogens (primary N) is 2. The molecule has 4 nitrogen and oxygen atoms in total. The zero-order valence-electron chi connectivity index (χ0n) is 3.59. The van der Waals surface area contributed by atoms with Gasteiger partial charge in [0, 0.05) is 0 Å². The quantitative estimate of drug-likeness (QED) is 0.473. The minimum absolute atomic E-state index is 0.181. The van der Waals surface area contributed by atoms with Crippen molar-refractivity contribution in [3.63, 3.8) is 0 Å². The number of nitrogens with zero attached hydrogens (tertiary/aromatic N) is 1. The molecule has 1 rings (SSSR count). The maximum absolute atomic E-state index is 5.11. The Hall–Kier alpha value is -1.19. The molecule has 0 aliphatic rings. The predicted octanol–water partition coefficient (Wildman–Crippen LogP) is -0.161. The van der Waals surface area contributed by atoms with Crippen molar-refractivity contribution in [1.29, 1.82) is 0 Å². The van der Waals surface area contributed by atoms with E-state index in [9.17, 15) is 0 Å². The van der Waals surface area contributed by atoms with Gasteiger partial charge in [0.25, 0.3) is 0 Å². The van der Waals surface area contributed by atoms with Gasteiger partial charge in [-0.15, -0.1) is 0 Å². The van der Waals surface area contributed by atoms with Gasteiger partial charge in [-0.3, -0.25) is 0 Å². The van der Waals surface area contributed by atoms with Crippen LogP contribution < -0.4 is 11.5 Å². The third kappa shape index (κ3) is 0.489. The van der Waals surface area contributed by atoms with Crippen LogP contribution in [0.25, 0.3) is 0 Å². The third-order valence-electron chi connectivity index (χ3n) is 0.624. The van der Waals surface area contributed by atoms with E-state index in [0.29, 0.717) is 0 Å². The Morgan fingerprint density at radius 2 is 2.29 bits per heavy atom. The van der Waals surface area contributed by atoms with Crippen LogP contribution in [0.5, 0.6) is 0 Å². The van der Waals surface area contributed by atoms with Gasteiger partial charge in [-0.1, -0.05) is 0 Å². The Kier molecular flexibility index (Phi) is 0.651. The van der Waals surface area contributed by atoms with Crippen molar-refractivity contribution < 1.29 is 4.42 Å². The SMILES string of the molecule is Nc1ncoc1N. The standard InChI is InChI=1S/C3H5N3O/c4-2-3(5)7-1-6-2/h1H,4-5H2. The number of nitrogen functional groups attached to an aromatic ring is 2. The highest BCUT2D eigenvalue weighted by molar-refractivity contribution is 5.48. The first-order valence-electron chi connectivity index (χ1n) is 1.75. The monoisotopic (exact) mass is 99.0 g/mol. The minimum atomic E-state index is 0.181. The molecule has 0 radical (unpaired) electrons. The van der Waals surface area contributed by atoms with Gasteiger partial charge in [0.1, 0.15) is 0 Å². The summed E-state index contributed by atoms with van der Waals surface area (Å²) < 4.78 is 4.51. The number of anilines is 2. The molecule has 1 aromatic heterocycles. The van der Waals surface area contributed by atoms with Gasteiger partial charge < -0.3 is 15.9 Å². The van der Waals surface area contributed by atoms with Crippen LogP contribution in [0.3, 0.4) is 0 Å². The summed E-state index contributed by atoms with van der Waals surface area (Å²) in [6.45, 7) is 0. The summed E-state index contributed by atoms with van der Waals surface area (Å²) in [5.74, 6) is 0.431. The van der Waals surface area contributed by atoms with Crippen LogP contribution in [0, 0.1) is 0 Å². The lowest BCUT2D eigenvalue weighted by atomic mass is 10.7. The van der Waals surface area contributed by atoms with Crippen LogP contribution in [0.1, 0.15) is 0 Å². The molecule has 1 aromatic rings. The normalized spacial score (nSPS) is 9.14. The van der Waals surface area contributed by atoms with Crippen molar-refractivity contribution in [2.45, 2.75) is 0 Å². The fourth-order valence-corrected chi connectivity index (χ4v) is 0.264. The molecule has 4 N–H and O–H groups in total. The smallest absolute Gasteiger partial charge is 0.234 e. The molecule has 0 spiro atoms. The highest BCUT2D eigenvalue weighted by Crippen LogP contribution is 2.07. The first kappa shape index (κ1) is 3.98. The van der Waals surface area contributed by atoms with E-state index >= 15 is 0 Å². The van der Waals surface area contributed by atoms with Gasteiger partial charge in [0.15, 0.2) is 12.2 Å². The minimum Gasteiger partial charge on any atom is -0.426 e. The second-order valence-electron chi connectivity index (χ2n) is 1.10. The summed E-state index contributed by atoms with van der Waals surface area (Å²) in [6.07, 6.45) is 1.20. The first-order chi connectivity index (χ1) is 3.30. The largest absolute Gasteiger partial charge is 0.426 e. The fraction of sp³-hybridized carbons (Fsp3) is 0. The molecule has 0 bridgehead atoms. The average molecular weight is 99.1 g/mol. The van der Waals surface area contributed by atoms with E-state index in [1.54, 1.807) is 0 Å². The molecular weight excluding hydrogens is 94.1 g/mol. The van der Waals surface area contributed by atoms with Crippen LogP contribution in [-0.2, 0) is 0 Å². The van der Waals surface area contributed by atoms with E-state index in [1.807, 2.05) is 0 Å². The van der Waals surface area contributed by atoms with Crippen molar-refractivity contribution in [2.75, 3.05) is 11.5 Å². The Balaban J connectivity index is 3.12. The molecule has 38 valence electrons. The molecule has 0 saturated heterocycles. The molecular formula is C3H5N3O. The molecule has 4 heteroatoms. The van der Waals surface area contributed by atoms with Crippen LogP contribution in [0.2, 0.25) is 0 Å². The second-order valence-corrected chi connectivity index (χ2v) is 1.10. The topological polar surface area (TPSA) is 78.1 Å². The van der Waals surface area contributed by atoms with Gasteiger partial charge in [-0.2, -0.15) is 4.98 Å². The van der Waals surface area contributed by atoms with Crippen molar-refractivity contribution in [1.82, 2.24) is 4.98 Å². The summed E-state index contributed by atoms with van der Waals surface area (Å²) in [4.78, 5) is 3.50. The summed E-state index contributed by atoms with van der Waals surface area (Å²) in [5.41, 5.74) is 10.2. The highest BCUT2D eigenvalue weighted by Gasteiger charge is 1.92. The Bertz CT molecular complexity index is 142. The van der Waals surface area contributed by atoms with Crippen molar-refractivity contribution in [3.05, 3.63) is 6.39 Å². The molecule has 7 heavy (non-hydrogen) atoms. The number of hydrogen-bond donors (Lipinski definition) is 2. The molecule has 1 heterocycles. The third-order valence-corrected chi connectivity index (χ3v) is 0.624. The molecule has 0 aliphatic carbocycles. The molecule has 0 amide bonds. The van der Waals surface area contributed by atoms with Gasteiger partial charge in [0.05, 0.1) is 0 Å².